The smallest absolute Gasteiger partial charge is 0.251 e. The molecule has 2 aromatic heterocycles. The summed E-state index contributed by atoms with van der Waals surface area (Å²) in [6.07, 6.45) is 3.51. The minimum absolute atomic E-state index is 0.0904. The van der Waals surface area contributed by atoms with E-state index in [2.05, 4.69) is 14.9 Å². The van der Waals surface area contributed by atoms with Crippen molar-refractivity contribution in [3.8, 4) is 0 Å². The number of aromatic nitrogens is 3. The predicted molar refractivity (Wildman–Crippen MR) is 146 cm³/mol. The quantitative estimate of drug-likeness (QED) is 0.218. The molecule has 1 atom stereocenters. The van der Waals surface area contributed by atoms with Crippen molar-refractivity contribution >= 4 is 40.3 Å². The van der Waals surface area contributed by atoms with Crippen LogP contribution in [0, 0.1) is 5.82 Å². The molecular weight excluding hydrogens is 507 g/mol. The van der Waals surface area contributed by atoms with Gasteiger partial charge in [-0.05, 0) is 53.9 Å². The van der Waals surface area contributed by atoms with Gasteiger partial charge >= 0.3 is 0 Å². The van der Waals surface area contributed by atoms with E-state index in [0.717, 1.165) is 32.9 Å². The molecule has 5 nitrogen and oxygen atoms in total. The van der Waals surface area contributed by atoms with Crippen LogP contribution in [0.15, 0.2) is 96.4 Å². The summed E-state index contributed by atoms with van der Waals surface area (Å²) in [4.78, 5) is 21.8. The van der Waals surface area contributed by atoms with Crippen molar-refractivity contribution in [3.63, 3.8) is 0 Å². The van der Waals surface area contributed by atoms with Gasteiger partial charge in [0.15, 0.2) is 5.16 Å². The second-order valence-electron chi connectivity index (χ2n) is 8.67. The number of hydrogen-bond acceptors (Lipinski definition) is 4. The number of thioether (sulfide) groups is 1. The minimum Gasteiger partial charge on any atom is -0.346 e. The molecule has 0 aliphatic rings. The van der Waals surface area contributed by atoms with E-state index < -0.39 is 0 Å². The molecule has 0 unspecified atom stereocenters. The third-order valence-electron chi connectivity index (χ3n) is 6.09. The Morgan fingerprint density at radius 2 is 1.86 bits per heavy atom. The number of benzene rings is 3. The van der Waals surface area contributed by atoms with Gasteiger partial charge in [0, 0.05) is 22.5 Å². The third kappa shape index (κ3) is 5.84. The molecule has 0 aliphatic heterocycles. The molecule has 186 valence electrons. The maximum Gasteiger partial charge on any atom is 0.251 e. The molecule has 37 heavy (non-hydrogen) atoms. The lowest BCUT2D eigenvalue weighted by atomic mass is 10.1. The molecule has 2 heterocycles. The van der Waals surface area contributed by atoms with Crippen molar-refractivity contribution in [2.45, 2.75) is 30.4 Å². The van der Waals surface area contributed by atoms with Crippen LogP contribution >= 0.6 is 23.4 Å². The number of rotatable bonds is 8. The molecule has 5 rings (SSSR count). The van der Waals surface area contributed by atoms with Crippen molar-refractivity contribution in [3.05, 3.63) is 124 Å². The summed E-state index contributed by atoms with van der Waals surface area (Å²) in [7, 11) is 0. The molecule has 5 aromatic rings. The fourth-order valence-corrected chi connectivity index (χ4v) is 5.37. The van der Waals surface area contributed by atoms with E-state index >= 15 is 0 Å². The van der Waals surface area contributed by atoms with Crippen molar-refractivity contribution in [1.29, 1.82) is 0 Å². The number of carbonyl (C=O) groups excluding carboxylic acids is 1. The van der Waals surface area contributed by atoms with Crippen molar-refractivity contribution in [1.82, 2.24) is 19.9 Å². The summed E-state index contributed by atoms with van der Waals surface area (Å²) in [5, 5.41) is 4.25. The van der Waals surface area contributed by atoms with Gasteiger partial charge in [0.1, 0.15) is 5.82 Å². The van der Waals surface area contributed by atoms with Gasteiger partial charge in [0.25, 0.3) is 5.91 Å². The Bertz CT molecular complexity index is 1540. The van der Waals surface area contributed by atoms with Crippen molar-refractivity contribution < 1.29 is 9.18 Å². The summed E-state index contributed by atoms with van der Waals surface area (Å²) < 4.78 is 15.5. The molecule has 8 heteroatoms. The zero-order chi connectivity index (χ0) is 25.8. The number of hydrogen-bond donors (Lipinski definition) is 1. The highest BCUT2D eigenvalue weighted by Gasteiger charge is 2.15. The Morgan fingerprint density at radius 1 is 1.08 bits per heavy atom. The fourth-order valence-electron chi connectivity index (χ4n) is 4.04. The van der Waals surface area contributed by atoms with Crippen LogP contribution < -0.4 is 5.32 Å². The second-order valence-corrected chi connectivity index (χ2v) is 10.0. The van der Waals surface area contributed by atoms with Crippen LogP contribution in [0.5, 0.6) is 0 Å². The predicted octanol–water partition coefficient (Wildman–Crippen LogP) is 7.06. The van der Waals surface area contributed by atoms with Crippen LogP contribution in [0.25, 0.3) is 11.0 Å². The van der Waals surface area contributed by atoms with Gasteiger partial charge in [-0.2, -0.15) is 0 Å². The van der Waals surface area contributed by atoms with Gasteiger partial charge in [0.05, 0.1) is 29.8 Å². The molecule has 0 aliphatic carbocycles. The fraction of sp³-hybridized carbons (Fsp3) is 0.138. The molecule has 0 spiro atoms. The monoisotopic (exact) mass is 530 g/mol. The molecule has 0 bridgehead atoms. The maximum absolute atomic E-state index is 13.4. The second kappa shape index (κ2) is 11.2. The Kier molecular flexibility index (Phi) is 7.53. The first kappa shape index (κ1) is 25.0. The van der Waals surface area contributed by atoms with Crippen molar-refractivity contribution in [2.75, 3.05) is 0 Å². The molecule has 3 aromatic carbocycles. The van der Waals surface area contributed by atoms with Crippen LogP contribution in [0.2, 0.25) is 5.02 Å². The SMILES string of the molecule is C[C@@H](NC(=O)c1ccc(Cn2c(SCc3ccc(F)cc3Cl)nc3ccncc32)cc1)c1ccccc1. The molecule has 0 fully saturated rings. The summed E-state index contributed by atoms with van der Waals surface area (Å²) in [6.45, 7) is 2.53. The van der Waals surface area contributed by atoms with E-state index in [1.807, 2.05) is 67.6 Å². The molecule has 0 saturated heterocycles. The van der Waals surface area contributed by atoms with Gasteiger partial charge in [-0.25, -0.2) is 9.37 Å². The van der Waals surface area contributed by atoms with Crippen LogP contribution in [0.4, 0.5) is 4.39 Å². The molecule has 1 amide bonds. The highest BCUT2D eigenvalue weighted by Crippen LogP contribution is 2.30. The van der Waals surface area contributed by atoms with Crippen LogP contribution in [0.1, 0.15) is 40.0 Å². The Balaban J connectivity index is 1.33. The van der Waals surface area contributed by atoms with Gasteiger partial charge < -0.3 is 9.88 Å². The first-order valence-electron chi connectivity index (χ1n) is 11.8. The van der Waals surface area contributed by atoms with Gasteiger partial charge in [-0.15, -0.1) is 0 Å². The topological polar surface area (TPSA) is 59.8 Å². The highest BCUT2D eigenvalue weighted by atomic mass is 35.5. The maximum atomic E-state index is 13.4. The lowest BCUT2D eigenvalue weighted by molar-refractivity contribution is 0.0940. The highest BCUT2D eigenvalue weighted by molar-refractivity contribution is 7.98. The van der Waals surface area contributed by atoms with Gasteiger partial charge in [-0.3, -0.25) is 9.78 Å². The van der Waals surface area contributed by atoms with E-state index in [0.29, 0.717) is 22.9 Å². The number of carbonyl (C=O) groups is 1. The van der Waals surface area contributed by atoms with Crippen LogP contribution in [-0.2, 0) is 12.3 Å². The Hall–Kier alpha value is -3.68. The van der Waals surface area contributed by atoms with Crippen molar-refractivity contribution in [2.24, 2.45) is 0 Å². The average Bonchev–Trinajstić information content (AvgIpc) is 3.26. The van der Waals surface area contributed by atoms with Gasteiger partial charge in [-0.1, -0.05) is 71.9 Å². The van der Waals surface area contributed by atoms with Crippen LogP contribution in [0.3, 0.4) is 0 Å². The number of nitrogens with zero attached hydrogens (tertiary/aromatic N) is 3. The van der Waals surface area contributed by atoms with Crippen LogP contribution in [-0.4, -0.2) is 20.4 Å². The Morgan fingerprint density at radius 3 is 2.62 bits per heavy atom. The number of pyridine rings is 1. The lowest BCUT2D eigenvalue weighted by Crippen LogP contribution is -2.26. The minimum atomic E-state index is -0.358. The Labute approximate surface area is 223 Å². The summed E-state index contributed by atoms with van der Waals surface area (Å²) >= 11 is 7.76. The number of imidazole rings is 1. The number of fused-ring (bicyclic) bond motifs is 1. The largest absolute Gasteiger partial charge is 0.346 e. The summed E-state index contributed by atoms with van der Waals surface area (Å²) in [5.74, 6) is 0.0745. The molecule has 0 saturated carbocycles. The molecular formula is C29H24ClFN4OS. The molecule has 1 N–H and O–H groups in total. The van der Waals surface area contributed by atoms with E-state index in [4.69, 9.17) is 16.6 Å². The van der Waals surface area contributed by atoms with E-state index in [1.54, 1.807) is 18.5 Å². The number of halogens is 2. The van der Waals surface area contributed by atoms with E-state index in [1.165, 1.54) is 23.9 Å². The van der Waals surface area contributed by atoms with Gasteiger partial charge in [0.2, 0.25) is 0 Å². The van der Waals surface area contributed by atoms with E-state index in [-0.39, 0.29) is 17.8 Å². The summed E-state index contributed by atoms with van der Waals surface area (Å²) in [5.41, 5.74) is 5.27. The zero-order valence-corrected chi connectivity index (χ0v) is 21.6. The first-order chi connectivity index (χ1) is 18.0. The third-order valence-corrected chi connectivity index (χ3v) is 7.47. The lowest BCUT2D eigenvalue weighted by Gasteiger charge is -2.15. The summed E-state index contributed by atoms with van der Waals surface area (Å²) in [6, 6.07) is 23.7. The van der Waals surface area contributed by atoms with E-state index in [9.17, 15) is 9.18 Å². The zero-order valence-electron chi connectivity index (χ0n) is 20.1. The average molecular weight is 531 g/mol. The number of nitrogens with one attached hydrogen (secondary N) is 1. The molecule has 0 radical (unpaired) electrons. The first-order valence-corrected chi connectivity index (χ1v) is 13.2. The number of amides is 1. The standard InChI is InChI=1S/C29H24ClFN4OS/c1-19(21-5-3-2-4-6-21)33-28(36)22-9-7-20(8-10-22)17-35-27-16-32-14-13-26(27)34-29(35)37-18-23-11-12-24(31)15-25(23)30/h2-16,19H,17-18H2,1H3,(H,33,36)/t19-/m1/s1. The normalized spacial score (nSPS) is 12.0.